The fourth-order valence-electron chi connectivity index (χ4n) is 4.27. The number of hydrogen-bond donors (Lipinski definition) is 1. The lowest BCUT2D eigenvalue weighted by molar-refractivity contribution is -0.287. The van der Waals surface area contributed by atoms with Gasteiger partial charge in [0.2, 0.25) is 17.1 Å². The Morgan fingerprint density at radius 1 is 1.10 bits per heavy atom. The predicted molar refractivity (Wildman–Crippen MR) is 104 cm³/mol. The van der Waals surface area contributed by atoms with Crippen molar-refractivity contribution in [1.29, 1.82) is 21.2 Å². The van der Waals surface area contributed by atoms with E-state index in [1.807, 2.05) is 12.1 Å². The van der Waals surface area contributed by atoms with Crippen LogP contribution in [0, 0.1) is 62.0 Å². The maximum Gasteiger partial charge on any atom is 0.244 e. The first-order chi connectivity index (χ1) is 13.8. The lowest BCUT2D eigenvalue weighted by atomic mass is 9.54. The highest BCUT2D eigenvalue weighted by Gasteiger charge is 2.79. The predicted octanol–water partition coefficient (Wildman–Crippen LogP) is 4.76. The summed E-state index contributed by atoms with van der Waals surface area (Å²) in [5.74, 6) is -3.45. The number of nitrogens with one attached hydrogen (secondary N) is 1. The number of halogens is 2. The topological polar surface area (TPSA) is 114 Å². The Bertz CT molecular complexity index is 1130. The van der Waals surface area contributed by atoms with Crippen LogP contribution < -0.4 is 0 Å². The normalized spacial score (nSPS) is 31.9. The van der Waals surface area contributed by atoms with Crippen LogP contribution in [0.2, 0.25) is 0 Å². The van der Waals surface area contributed by atoms with Gasteiger partial charge in [-0.3, -0.25) is 5.41 Å². The van der Waals surface area contributed by atoms with E-state index in [0.29, 0.717) is 10.4 Å². The molecule has 2 aliphatic heterocycles. The minimum atomic E-state index is -2.01. The van der Waals surface area contributed by atoms with Gasteiger partial charge in [0.15, 0.2) is 5.41 Å². The van der Waals surface area contributed by atoms with Crippen LogP contribution >= 0.6 is 27.3 Å². The Balaban J connectivity index is 2.03. The van der Waals surface area contributed by atoms with Crippen molar-refractivity contribution in [3.05, 3.63) is 56.4 Å². The summed E-state index contributed by atoms with van der Waals surface area (Å²) < 4.78 is 26.4. The summed E-state index contributed by atoms with van der Waals surface area (Å²) in [6, 6.07) is 14.8. The molecule has 1 aromatic heterocycles. The third-order valence-corrected chi connectivity index (χ3v) is 7.43. The Hall–Kier alpha value is -2.77. The lowest BCUT2D eigenvalue weighted by Crippen LogP contribution is -2.57. The van der Waals surface area contributed by atoms with E-state index >= 15 is 0 Å². The largest absolute Gasteiger partial charge is 0.443 e. The number of thiophene rings is 1. The van der Waals surface area contributed by atoms with E-state index in [2.05, 4.69) is 22.0 Å². The van der Waals surface area contributed by atoms with Gasteiger partial charge in [0.1, 0.15) is 11.9 Å². The third kappa shape index (κ3) is 2.22. The number of hydrogen-bond acceptors (Lipinski definition) is 7. The molecule has 0 amide bonds. The Morgan fingerprint density at radius 2 is 1.76 bits per heavy atom. The number of ether oxygens (including phenoxy) is 2. The molecule has 6 nitrogen and oxygen atoms in total. The van der Waals surface area contributed by atoms with Crippen molar-refractivity contribution in [3.8, 4) is 18.2 Å². The first kappa shape index (κ1) is 19.5. The van der Waals surface area contributed by atoms with Crippen molar-refractivity contribution < 1.29 is 13.9 Å². The molecule has 2 aromatic rings. The molecule has 4 rings (SSSR count). The Morgan fingerprint density at radius 3 is 2.28 bits per heavy atom. The summed E-state index contributed by atoms with van der Waals surface area (Å²) in [6.07, 6.45) is -1.16. The molecule has 2 aliphatic rings. The number of rotatable bonds is 2. The standard InChI is InChI=1S/C20H12BrFN4O2S/c1-11-19(10-25)17(26)28-20(11,12-2-4-13(22)5-3-12)27-16(18(19,8-23)9-24)14-6-7-15(21)29-14/h2-7,11,16,26H,1H3. The Kier molecular flexibility index (Phi) is 4.29. The molecule has 2 fully saturated rings. The van der Waals surface area contributed by atoms with Gasteiger partial charge in [0, 0.05) is 10.4 Å². The molecule has 29 heavy (non-hydrogen) atoms. The number of fused-ring (bicyclic) bond motifs is 2. The molecule has 9 heteroatoms. The lowest BCUT2D eigenvalue weighted by Gasteiger charge is -2.48. The van der Waals surface area contributed by atoms with Gasteiger partial charge < -0.3 is 9.47 Å². The molecule has 0 saturated carbocycles. The molecular formula is C20H12BrFN4O2S. The zero-order valence-electron chi connectivity index (χ0n) is 14.9. The van der Waals surface area contributed by atoms with Crippen LogP contribution in [-0.2, 0) is 15.3 Å². The van der Waals surface area contributed by atoms with E-state index in [1.165, 1.54) is 35.6 Å². The van der Waals surface area contributed by atoms with E-state index in [9.17, 15) is 20.2 Å². The van der Waals surface area contributed by atoms with Crippen molar-refractivity contribution in [2.24, 2.45) is 16.7 Å². The summed E-state index contributed by atoms with van der Waals surface area (Å²) in [5.41, 5.74) is -3.48. The van der Waals surface area contributed by atoms with Gasteiger partial charge in [-0.15, -0.1) is 11.3 Å². The zero-order chi connectivity index (χ0) is 21.0. The van der Waals surface area contributed by atoms with Gasteiger partial charge in [0.25, 0.3) is 0 Å². The number of nitriles is 3. The van der Waals surface area contributed by atoms with Gasteiger partial charge >= 0.3 is 0 Å². The summed E-state index contributed by atoms with van der Waals surface area (Å²) in [6.45, 7) is 1.61. The molecule has 2 bridgehead atoms. The van der Waals surface area contributed by atoms with Crippen LogP contribution in [-0.4, -0.2) is 5.90 Å². The highest BCUT2D eigenvalue weighted by molar-refractivity contribution is 9.11. The smallest absolute Gasteiger partial charge is 0.244 e. The van der Waals surface area contributed by atoms with Crippen molar-refractivity contribution >= 4 is 33.2 Å². The minimum absolute atomic E-state index is 0.401. The van der Waals surface area contributed by atoms with Crippen LogP contribution in [0.15, 0.2) is 40.2 Å². The first-order valence-corrected chi connectivity index (χ1v) is 10.1. The van der Waals surface area contributed by atoms with E-state index in [4.69, 9.17) is 14.9 Å². The summed E-state index contributed by atoms with van der Waals surface area (Å²) in [5, 5.41) is 38.9. The van der Waals surface area contributed by atoms with E-state index in [1.54, 1.807) is 19.1 Å². The van der Waals surface area contributed by atoms with Crippen LogP contribution in [0.3, 0.4) is 0 Å². The van der Waals surface area contributed by atoms with Crippen LogP contribution in [0.25, 0.3) is 0 Å². The van der Waals surface area contributed by atoms with Crippen molar-refractivity contribution in [2.75, 3.05) is 0 Å². The molecule has 4 atom stereocenters. The van der Waals surface area contributed by atoms with E-state index in [0.717, 1.165) is 3.79 Å². The first-order valence-electron chi connectivity index (χ1n) is 8.52. The highest BCUT2D eigenvalue weighted by Crippen LogP contribution is 2.69. The zero-order valence-corrected chi connectivity index (χ0v) is 17.3. The highest BCUT2D eigenvalue weighted by atomic mass is 79.9. The van der Waals surface area contributed by atoms with Crippen LogP contribution in [0.4, 0.5) is 4.39 Å². The molecule has 3 heterocycles. The fourth-order valence-corrected chi connectivity index (χ4v) is 5.80. The van der Waals surface area contributed by atoms with Gasteiger partial charge in [-0.1, -0.05) is 6.92 Å². The van der Waals surface area contributed by atoms with Gasteiger partial charge in [0.05, 0.1) is 27.9 Å². The number of nitrogens with zero attached hydrogens (tertiary/aromatic N) is 3. The molecule has 4 unspecified atom stereocenters. The summed E-state index contributed by atoms with van der Waals surface area (Å²) in [7, 11) is 0. The summed E-state index contributed by atoms with van der Waals surface area (Å²) >= 11 is 4.62. The van der Waals surface area contributed by atoms with Gasteiger partial charge in [-0.05, 0) is 52.3 Å². The molecule has 0 spiro atoms. The maximum absolute atomic E-state index is 13.5. The molecule has 1 aromatic carbocycles. The quantitative estimate of drug-likeness (QED) is 0.679. The molecule has 2 saturated heterocycles. The van der Waals surface area contributed by atoms with Crippen molar-refractivity contribution in [3.63, 3.8) is 0 Å². The van der Waals surface area contributed by atoms with Crippen LogP contribution in [0.1, 0.15) is 23.5 Å². The molecular weight excluding hydrogens is 459 g/mol. The summed E-state index contributed by atoms with van der Waals surface area (Å²) in [4.78, 5) is 0.538. The van der Waals surface area contributed by atoms with Gasteiger partial charge in [-0.2, -0.15) is 15.8 Å². The molecule has 1 N–H and O–H groups in total. The average molecular weight is 471 g/mol. The van der Waals surface area contributed by atoms with Crippen molar-refractivity contribution in [1.82, 2.24) is 0 Å². The van der Waals surface area contributed by atoms with Gasteiger partial charge in [-0.25, -0.2) is 4.39 Å². The second-order valence-electron chi connectivity index (χ2n) is 6.92. The fraction of sp³-hybridized carbons (Fsp3) is 0.300. The Labute approximate surface area is 178 Å². The van der Waals surface area contributed by atoms with E-state index in [-0.39, 0.29) is 0 Å². The molecule has 0 aliphatic carbocycles. The van der Waals surface area contributed by atoms with Crippen molar-refractivity contribution in [2.45, 2.75) is 18.8 Å². The minimum Gasteiger partial charge on any atom is -0.443 e. The average Bonchev–Trinajstić information content (AvgIpc) is 3.21. The number of benzene rings is 1. The van der Waals surface area contributed by atoms with Crippen LogP contribution in [0.5, 0.6) is 0 Å². The third-order valence-electron chi connectivity index (χ3n) is 5.77. The van der Waals surface area contributed by atoms with E-state index < -0.39 is 40.4 Å². The monoisotopic (exact) mass is 470 g/mol. The molecule has 144 valence electrons. The molecule has 0 radical (unpaired) electrons. The second-order valence-corrected chi connectivity index (χ2v) is 9.41. The maximum atomic E-state index is 13.5. The SMILES string of the molecule is CC1C2(c3ccc(F)cc3)OC(=N)C1(C#N)C(C#N)(C#N)C(c1ccc(Br)s1)O2. The second kappa shape index (κ2) is 6.37.